The quantitative estimate of drug-likeness (QED) is 0.584. The summed E-state index contributed by atoms with van der Waals surface area (Å²) in [5.74, 6) is -1.43. The summed E-state index contributed by atoms with van der Waals surface area (Å²) in [6, 6.07) is 1.94. The maximum atomic E-state index is 13.3. The van der Waals surface area contributed by atoms with Gasteiger partial charge < -0.3 is 5.32 Å². The van der Waals surface area contributed by atoms with E-state index < -0.39 is 5.92 Å². The summed E-state index contributed by atoms with van der Waals surface area (Å²) in [5.41, 5.74) is 3.76. The number of halogens is 2. The molecule has 9 heteroatoms. The maximum absolute atomic E-state index is 13.3. The molecule has 0 spiro atoms. The number of fused-ring (bicyclic) bond motifs is 2. The lowest BCUT2D eigenvalue weighted by Crippen LogP contribution is -2.32. The summed E-state index contributed by atoms with van der Waals surface area (Å²) < 4.78 is 30.3. The molecule has 1 N–H and O–H groups in total. The van der Waals surface area contributed by atoms with Crippen molar-refractivity contribution in [2.45, 2.75) is 44.6 Å². The number of alkyl halides is 2. The van der Waals surface area contributed by atoms with Crippen LogP contribution in [0.4, 0.5) is 14.7 Å². The molecular weight excluding hydrogens is 364 g/mol. The van der Waals surface area contributed by atoms with Crippen LogP contribution in [0.3, 0.4) is 0 Å². The monoisotopic (exact) mass is 383 g/mol. The Labute approximate surface area is 159 Å². The summed E-state index contributed by atoms with van der Waals surface area (Å²) in [4.78, 5) is 13.0. The molecule has 28 heavy (non-hydrogen) atoms. The minimum Gasteiger partial charge on any atom is -0.350 e. The molecule has 1 aliphatic carbocycles. The first-order valence-corrected chi connectivity index (χ1v) is 9.27. The van der Waals surface area contributed by atoms with Gasteiger partial charge in [0, 0.05) is 54.3 Å². The third-order valence-electron chi connectivity index (χ3n) is 5.33. The van der Waals surface area contributed by atoms with Crippen molar-refractivity contribution in [1.82, 2.24) is 29.0 Å². The number of aryl methyl sites for hydroxylation is 1. The average Bonchev–Trinajstić information content (AvgIpc) is 3.27. The van der Waals surface area contributed by atoms with Crippen LogP contribution < -0.4 is 5.32 Å². The van der Waals surface area contributed by atoms with E-state index in [4.69, 9.17) is 0 Å². The van der Waals surface area contributed by atoms with Crippen LogP contribution in [0.5, 0.6) is 0 Å². The number of nitrogens with zero attached hydrogens (tertiary/aromatic N) is 6. The molecule has 0 atom stereocenters. The van der Waals surface area contributed by atoms with Crippen LogP contribution in [0.2, 0.25) is 0 Å². The van der Waals surface area contributed by atoms with Crippen LogP contribution in [-0.4, -0.2) is 40.9 Å². The third kappa shape index (κ3) is 2.96. The van der Waals surface area contributed by atoms with Gasteiger partial charge in [0.25, 0.3) is 0 Å². The van der Waals surface area contributed by atoms with E-state index in [2.05, 4.69) is 25.4 Å². The summed E-state index contributed by atoms with van der Waals surface area (Å²) in [6.07, 6.45) is 9.81. The van der Waals surface area contributed by atoms with Gasteiger partial charge in [0.1, 0.15) is 0 Å². The molecule has 0 saturated heterocycles. The van der Waals surface area contributed by atoms with Gasteiger partial charge in [0.15, 0.2) is 0 Å². The smallest absolute Gasteiger partial charge is 0.248 e. The zero-order chi connectivity index (χ0) is 19.3. The topological polar surface area (TPSA) is 72.4 Å². The molecular formula is C19H19F2N7. The molecule has 1 fully saturated rings. The Morgan fingerprint density at radius 3 is 2.71 bits per heavy atom. The second-order valence-corrected chi connectivity index (χ2v) is 7.33. The van der Waals surface area contributed by atoms with Crippen molar-refractivity contribution in [3.05, 3.63) is 42.7 Å². The first-order valence-electron chi connectivity index (χ1n) is 9.27. The predicted molar refractivity (Wildman–Crippen MR) is 101 cm³/mol. The van der Waals surface area contributed by atoms with E-state index in [-0.39, 0.29) is 18.9 Å². The van der Waals surface area contributed by atoms with Crippen LogP contribution in [0.15, 0.2) is 37.1 Å². The number of nitrogens with one attached hydrogen (secondary N) is 1. The Morgan fingerprint density at radius 1 is 1.11 bits per heavy atom. The van der Waals surface area contributed by atoms with Crippen LogP contribution in [0.1, 0.15) is 31.4 Å². The van der Waals surface area contributed by atoms with Gasteiger partial charge in [-0.25, -0.2) is 28.2 Å². The molecule has 0 aliphatic heterocycles. The summed E-state index contributed by atoms with van der Waals surface area (Å²) in [7, 11) is 0. The summed E-state index contributed by atoms with van der Waals surface area (Å²) in [5, 5.41) is 7.68. The van der Waals surface area contributed by atoms with Gasteiger partial charge in [0.2, 0.25) is 17.6 Å². The van der Waals surface area contributed by atoms with Crippen molar-refractivity contribution in [2.24, 2.45) is 0 Å². The van der Waals surface area contributed by atoms with E-state index in [1.807, 2.05) is 29.8 Å². The minimum absolute atomic E-state index is 0.0251. The number of aromatic nitrogens is 6. The van der Waals surface area contributed by atoms with Crippen LogP contribution in [-0.2, 0) is 0 Å². The molecule has 4 aromatic heterocycles. The molecule has 0 radical (unpaired) electrons. The number of imidazole rings is 1. The highest BCUT2D eigenvalue weighted by atomic mass is 19.3. The van der Waals surface area contributed by atoms with E-state index in [9.17, 15) is 8.78 Å². The maximum Gasteiger partial charge on any atom is 0.248 e. The number of hydrogen-bond donors (Lipinski definition) is 1. The fraction of sp³-hybridized carbons (Fsp3) is 0.368. The Balaban J connectivity index is 1.42. The highest BCUT2D eigenvalue weighted by molar-refractivity contribution is 5.79. The fourth-order valence-electron chi connectivity index (χ4n) is 3.70. The molecule has 7 nitrogen and oxygen atoms in total. The summed E-state index contributed by atoms with van der Waals surface area (Å²) >= 11 is 0. The zero-order valence-electron chi connectivity index (χ0n) is 15.3. The third-order valence-corrected chi connectivity index (χ3v) is 5.33. The first-order chi connectivity index (χ1) is 13.5. The highest BCUT2D eigenvalue weighted by Gasteiger charge is 2.35. The number of anilines is 1. The lowest BCUT2D eigenvalue weighted by atomic mass is 9.92. The van der Waals surface area contributed by atoms with Gasteiger partial charge in [-0.2, -0.15) is 0 Å². The van der Waals surface area contributed by atoms with E-state index in [0.717, 1.165) is 22.3 Å². The molecule has 0 aromatic carbocycles. The minimum atomic E-state index is -2.54. The molecule has 1 aliphatic rings. The van der Waals surface area contributed by atoms with Crippen LogP contribution >= 0.6 is 0 Å². The van der Waals surface area contributed by atoms with Gasteiger partial charge in [-0.15, -0.1) is 5.10 Å². The van der Waals surface area contributed by atoms with Crippen molar-refractivity contribution >= 4 is 17.2 Å². The second kappa shape index (κ2) is 6.22. The fourth-order valence-corrected chi connectivity index (χ4v) is 3.70. The zero-order valence-corrected chi connectivity index (χ0v) is 15.3. The van der Waals surface area contributed by atoms with Crippen molar-refractivity contribution in [3.63, 3.8) is 0 Å². The van der Waals surface area contributed by atoms with Gasteiger partial charge in [0.05, 0.1) is 17.9 Å². The molecule has 1 saturated carbocycles. The second-order valence-electron chi connectivity index (χ2n) is 7.33. The van der Waals surface area contributed by atoms with E-state index in [1.54, 1.807) is 23.1 Å². The molecule has 4 heterocycles. The van der Waals surface area contributed by atoms with E-state index >= 15 is 0 Å². The molecule has 144 valence electrons. The average molecular weight is 383 g/mol. The molecule has 0 unspecified atom stereocenters. The number of hydrogen-bond acceptors (Lipinski definition) is 5. The van der Waals surface area contributed by atoms with Crippen molar-refractivity contribution in [2.75, 3.05) is 5.32 Å². The molecule has 0 bridgehead atoms. The SMILES string of the molecule is Cc1cnc2ncc(-c3ccn4nc(NC5CCC(F)(F)CC5)ncc34)cn12. The summed E-state index contributed by atoms with van der Waals surface area (Å²) in [6.45, 7) is 1.98. The lowest BCUT2D eigenvalue weighted by molar-refractivity contribution is -0.0361. The van der Waals surface area contributed by atoms with Crippen molar-refractivity contribution < 1.29 is 8.78 Å². The van der Waals surface area contributed by atoms with Crippen molar-refractivity contribution in [1.29, 1.82) is 0 Å². The Kier molecular flexibility index (Phi) is 3.78. The molecule has 4 aromatic rings. The van der Waals surface area contributed by atoms with Gasteiger partial charge >= 0.3 is 0 Å². The van der Waals surface area contributed by atoms with Crippen LogP contribution in [0.25, 0.3) is 22.4 Å². The highest BCUT2D eigenvalue weighted by Crippen LogP contribution is 2.34. The first kappa shape index (κ1) is 17.0. The Hall–Kier alpha value is -3.10. The largest absolute Gasteiger partial charge is 0.350 e. The van der Waals surface area contributed by atoms with Gasteiger partial charge in [-0.3, -0.25) is 4.40 Å². The Bertz CT molecular complexity index is 1150. The van der Waals surface area contributed by atoms with Gasteiger partial charge in [-0.1, -0.05) is 0 Å². The predicted octanol–water partition coefficient (Wildman–Crippen LogP) is 3.74. The van der Waals surface area contributed by atoms with Crippen molar-refractivity contribution in [3.8, 4) is 11.1 Å². The standard InChI is InChI=1S/C19H19F2N7/c1-12-8-23-18-24-9-13(11-27(12)18)15-4-7-28-16(15)10-22-17(26-28)25-14-2-5-19(20,21)6-3-14/h4,7-11,14H,2-3,5-6H2,1H3,(H,25,26). The normalized spacial score (nSPS) is 17.4. The Morgan fingerprint density at radius 2 is 1.89 bits per heavy atom. The molecule has 0 amide bonds. The van der Waals surface area contributed by atoms with Gasteiger partial charge in [-0.05, 0) is 25.8 Å². The lowest BCUT2D eigenvalue weighted by Gasteiger charge is -2.28. The van der Waals surface area contributed by atoms with E-state index in [1.165, 1.54) is 0 Å². The van der Waals surface area contributed by atoms with E-state index in [0.29, 0.717) is 24.6 Å². The number of rotatable bonds is 3. The molecule has 5 rings (SSSR count). The van der Waals surface area contributed by atoms with Crippen LogP contribution in [0, 0.1) is 6.92 Å².